The predicted octanol–water partition coefficient (Wildman–Crippen LogP) is 15.0. The molecule has 0 fully saturated rings. The third-order valence-electron chi connectivity index (χ3n) is 10.8. The molecule has 4 heteroatoms. The molecular formula is C57H39N3O. The quantitative estimate of drug-likeness (QED) is 0.139. The molecule has 10 rings (SSSR count). The summed E-state index contributed by atoms with van der Waals surface area (Å²) in [6.45, 7) is 0. The maximum atomic E-state index is 6.28. The Balaban J connectivity index is 0.827. The molecule has 288 valence electrons. The van der Waals surface area contributed by atoms with Crippen LogP contribution in [-0.2, 0) is 0 Å². The second-order valence-electron chi connectivity index (χ2n) is 14.9. The van der Waals surface area contributed by atoms with Crippen LogP contribution in [0, 0.1) is 0 Å². The molecule has 0 amide bonds. The van der Waals surface area contributed by atoms with E-state index in [1.165, 1.54) is 5.56 Å². The number of nitrogens with zero attached hydrogens (tertiary/aromatic N) is 3. The van der Waals surface area contributed by atoms with Gasteiger partial charge in [-0.15, -0.1) is 0 Å². The van der Waals surface area contributed by atoms with Gasteiger partial charge in [0.05, 0.1) is 22.8 Å². The van der Waals surface area contributed by atoms with E-state index < -0.39 is 0 Å². The van der Waals surface area contributed by atoms with Crippen LogP contribution in [0.2, 0.25) is 0 Å². The summed E-state index contributed by atoms with van der Waals surface area (Å²) in [4.78, 5) is 15.1. The fourth-order valence-electron chi connectivity index (χ4n) is 7.53. The van der Waals surface area contributed by atoms with Crippen LogP contribution in [0.3, 0.4) is 0 Å². The standard InChI is InChI=1S/C57H39N3O/c1-5-13-40(14-6-1)50-37-53(45-15-7-2-8-16-45)58-54(38-50)48-25-21-41(22-26-48)43-29-33-51(34-30-43)61-52-35-31-44(32-36-52)42-23-27-49(28-24-42)57-59-55(46-17-9-3-10-18-46)39-56(60-57)47-19-11-4-12-20-47/h1-39H. The normalized spacial score (nSPS) is 11.0. The van der Waals surface area contributed by atoms with Crippen LogP contribution in [0.4, 0.5) is 0 Å². The van der Waals surface area contributed by atoms with Crippen molar-refractivity contribution in [1.29, 1.82) is 0 Å². The Morgan fingerprint density at radius 3 is 0.885 bits per heavy atom. The SMILES string of the molecule is c1ccc(-c2cc(-c3ccccc3)nc(-c3ccc(-c4ccc(Oc5ccc(-c6ccc(-c7nc(-c8ccccc8)cc(-c8ccccc8)n7)cc6)cc5)cc4)cc3)c2)cc1. The van der Waals surface area contributed by atoms with Crippen molar-refractivity contribution in [3.8, 4) is 101 Å². The average Bonchev–Trinajstić information content (AvgIpc) is 3.35. The monoisotopic (exact) mass is 781 g/mol. The third kappa shape index (κ3) is 8.38. The first-order valence-corrected chi connectivity index (χ1v) is 20.4. The van der Waals surface area contributed by atoms with Crippen LogP contribution >= 0.6 is 0 Å². The van der Waals surface area contributed by atoms with Gasteiger partial charge < -0.3 is 4.74 Å². The van der Waals surface area contributed by atoms with Crippen molar-refractivity contribution < 1.29 is 4.74 Å². The van der Waals surface area contributed by atoms with Crippen molar-refractivity contribution in [2.75, 3.05) is 0 Å². The Hall–Kier alpha value is -8.21. The summed E-state index contributed by atoms with van der Waals surface area (Å²) >= 11 is 0. The van der Waals surface area contributed by atoms with Gasteiger partial charge in [-0.05, 0) is 75.8 Å². The van der Waals surface area contributed by atoms with Gasteiger partial charge in [0.25, 0.3) is 0 Å². The van der Waals surface area contributed by atoms with E-state index in [0.29, 0.717) is 5.82 Å². The van der Waals surface area contributed by atoms with Crippen molar-refractivity contribution in [3.05, 3.63) is 237 Å². The number of ether oxygens (including phenoxy) is 1. The topological polar surface area (TPSA) is 47.9 Å². The first-order valence-electron chi connectivity index (χ1n) is 20.4. The molecule has 0 aliphatic rings. The van der Waals surface area contributed by atoms with Crippen molar-refractivity contribution in [1.82, 2.24) is 15.0 Å². The van der Waals surface area contributed by atoms with Gasteiger partial charge in [0.2, 0.25) is 0 Å². The summed E-state index contributed by atoms with van der Waals surface area (Å²) in [5, 5.41) is 0. The van der Waals surface area contributed by atoms with E-state index in [4.69, 9.17) is 19.7 Å². The van der Waals surface area contributed by atoms with E-state index in [1.807, 2.05) is 72.8 Å². The molecule has 0 unspecified atom stereocenters. The van der Waals surface area contributed by atoms with Crippen molar-refractivity contribution >= 4 is 0 Å². The minimum atomic E-state index is 0.693. The van der Waals surface area contributed by atoms with Crippen molar-refractivity contribution in [2.24, 2.45) is 0 Å². The molecule has 0 aliphatic heterocycles. The van der Waals surface area contributed by atoms with Gasteiger partial charge in [0, 0.05) is 27.8 Å². The van der Waals surface area contributed by atoms with Gasteiger partial charge in [0.15, 0.2) is 5.82 Å². The predicted molar refractivity (Wildman–Crippen MR) is 250 cm³/mol. The zero-order chi connectivity index (χ0) is 40.8. The van der Waals surface area contributed by atoms with E-state index in [0.717, 1.165) is 89.9 Å². The molecule has 0 bridgehead atoms. The summed E-state index contributed by atoms with van der Waals surface area (Å²) in [6.07, 6.45) is 0. The minimum Gasteiger partial charge on any atom is -0.457 e. The number of hydrogen-bond donors (Lipinski definition) is 0. The summed E-state index contributed by atoms with van der Waals surface area (Å²) in [7, 11) is 0. The molecule has 0 saturated carbocycles. The molecule has 10 aromatic rings. The van der Waals surface area contributed by atoms with Gasteiger partial charge in [-0.3, -0.25) is 0 Å². The highest BCUT2D eigenvalue weighted by atomic mass is 16.5. The van der Waals surface area contributed by atoms with Gasteiger partial charge in [-0.2, -0.15) is 0 Å². The summed E-state index contributed by atoms with van der Waals surface area (Å²) in [5.74, 6) is 2.25. The molecule has 0 atom stereocenters. The molecule has 8 aromatic carbocycles. The zero-order valence-corrected chi connectivity index (χ0v) is 33.3. The van der Waals surface area contributed by atoms with Gasteiger partial charge in [0.1, 0.15) is 11.5 Å². The molecule has 0 radical (unpaired) electrons. The van der Waals surface area contributed by atoms with E-state index in [9.17, 15) is 0 Å². The number of benzene rings is 8. The summed E-state index contributed by atoms with van der Waals surface area (Å²) < 4.78 is 6.28. The summed E-state index contributed by atoms with van der Waals surface area (Å²) in [5.41, 5.74) is 15.7. The van der Waals surface area contributed by atoms with Crippen LogP contribution in [0.25, 0.3) is 89.8 Å². The van der Waals surface area contributed by atoms with Gasteiger partial charge >= 0.3 is 0 Å². The smallest absolute Gasteiger partial charge is 0.160 e. The molecular weight excluding hydrogens is 743 g/mol. The lowest BCUT2D eigenvalue weighted by Crippen LogP contribution is -1.95. The first-order chi connectivity index (χ1) is 30.2. The highest BCUT2D eigenvalue weighted by Gasteiger charge is 2.13. The number of hydrogen-bond acceptors (Lipinski definition) is 4. The molecule has 0 N–H and O–H groups in total. The summed E-state index contributed by atoms with van der Waals surface area (Å²) in [6, 6.07) is 81.3. The molecule has 0 saturated heterocycles. The molecule has 0 aliphatic carbocycles. The highest BCUT2D eigenvalue weighted by molar-refractivity contribution is 5.78. The lowest BCUT2D eigenvalue weighted by atomic mass is 9.98. The zero-order valence-electron chi connectivity index (χ0n) is 33.3. The van der Waals surface area contributed by atoms with Gasteiger partial charge in [-0.1, -0.05) is 194 Å². The second kappa shape index (κ2) is 16.9. The van der Waals surface area contributed by atoms with E-state index in [-0.39, 0.29) is 0 Å². The second-order valence-corrected chi connectivity index (χ2v) is 14.9. The van der Waals surface area contributed by atoms with Crippen LogP contribution in [0.5, 0.6) is 11.5 Å². The first kappa shape index (κ1) is 37.1. The Bertz CT molecular complexity index is 2700. The van der Waals surface area contributed by atoms with Gasteiger partial charge in [-0.25, -0.2) is 15.0 Å². The van der Waals surface area contributed by atoms with E-state index in [2.05, 4.69) is 164 Å². The number of rotatable bonds is 10. The molecule has 2 aromatic heterocycles. The fraction of sp³-hybridized carbons (Fsp3) is 0. The fourth-order valence-corrected chi connectivity index (χ4v) is 7.53. The number of aromatic nitrogens is 3. The molecule has 61 heavy (non-hydrogen) atoms. The van der Waals surface area contributed by atoms with Crippen LogP contribution in [0.1, 0.15) is 0 Å². The number of pyridine rings is 1. The Morgan fingerprint density at radius 2 is 0.492 bits per heavy atom. The molecule has 0 spiro atoms. The Kier molecular flexibility index (Phi) is 10.3. The van der Waals surface area contributed by atoms with E-state index in [1.54, 1.807) is 0 Å². The lowest BCUT2D eigenvalue weighted by molar-refractivity contribution is 0.483. The van der Waals surface area contributed by atoms with Crippen molar-refractivity contribution in [3.63, 3.8) is 0 Å². The van der Waals surface area contributed by atoms with Crippen LogP contribution in [0.15, 0.2) is 237 Å². The van der Waals surface area contributed by atoms with E-state index >= 15 is 0 Å². The Labute approximate surface area is 356 Å². The van der Waals surface area contributed by atoms with Crippen molar-refractivity contribution in [2.45, 2.75) is 0 Å². The average molecular weight is 782 g/mol. The Morgan fingerprint density at radius 1 is 0.213 bits per heavy atom. The molecule has 4 nitrogen and oxygen atoms in total. The maximum Gasteiger partial charge on any atom is 0.160 e. The molecule has 2 heterocycles. The largest absolute Gasteiger partial charge is 0.457 e. The van der Waals surface area contributed by atoms with Crippen LogP contribution in [-0.4, -0.2) is 15.0 Å². The highest BCUT2D eigenvalue weighted by Crippen LogP contribution is 2.34. The minimum absolute atomic E-state index is 0.693. The third-order valence-corrected chi connectivity index (χ3v) is 10.8. The lowest BCUT2D eigenvalue weighted by Gasteiger charge is -2.11. The maximum absolute atomic E-state index is 6.28. The van der Waals surface area contributed by atoms with Crippen LogP contribution < -0.4 is 4.74 Å².